The summed E-state index contributed by atoms with van der Waals surface area (Å²) in [7, 11) is -3.67. The number of benzene rings is 9. The molecule has 9 aromatic carbocycles. The number of hydrogen-bond donors (Lipinski definition) is 0. The fourth-order valence-electron chi connectivity index (χ4n) is 9.95. The van der Waals surface area contributed by atoms with Crippen molar-refractivity contribution in [2.75, 3.05) is 0 Å². The van der Waals surface area contributed by atoms with Crippen molar-refractivity contribution in [3.63, 3.8) is 0 Å². The van der Waals surface area contributed by atoms with Crippen molar-refractivity contribution in [1.29, 1.82) is 5.26 Å². The first-order valence-corrected chi connectivity index (χ1v) is 22.0. The molecule has 0 fully saturated rings. The van der Waals surface area contributed by atoms with Crippen LogP contribution in [0.5, 0.6) is 11.5 Å². The summed E-state index contributed by atoms with van der Waals surface area (Å²) < 4.78 is 36.2. The average Bonchev–Trinajstić information content (AvgIpc) is 3.82. The quantitative estimate of drug-likeness (QED) is 0.173. The lowest BCUT2D eigenvalue weighted by Crippen LogP contribution is -2.32. The van der Waals surface area contributed by atoms with Crippen LogP contribution in [0, 0.1) is 11.3 Å². The lowest BCUT2D eigenvalue weighted by molar-refractivity contribution is 0.436. The van der Waals surface area contributed by atoms with Crippen LogP contribution in [0.2, 0.25) is 0 Å². The summed E-state index contributed by atoms with van der Waals surface area (Å²) in [6, 6.07) is 71.2. The van der Waals surface area contributed by atoms with E-state index in [9.17, 15) is 13.7 Å². The second-order valence-electron chi connectivity index (χ2n) is 16.0. The summed E-state index contributed by atoms with van der Waals surface area (Å²) >= 11 is 0. The Balaban J connectivity index is 1.05. The third-order valence-corrected chi connectivity index (χ3v) is 14.5. The van der Waals surface area contributed by atoms with Gasteiger partial charge in [-0.05, 0) is 136 Å². The Kier molecular flexibility index (Phi) is 7.83. The molecule has 1 spiro atoms. The maximum Gasteiger partial charge on any atom is 0.206 e. The van der Waals surface area contributed by atoms with Crippen LogP contribution in [-0.2, 0) is 15.3 Å². The molecule has 0 saturated heterocycles. The first-order chi connectivity index (χ1) is 30.4. The van der Waals surface area contributed by atoms with Crippen LogP contribution in [0.1, 0.15) is 27.8 Å². The van der Waals surface area contributed by atoms with E-state index in [2.05, 4.69) is 120 Å². The molecule has 5 nitrogen and oxygen atoms in total. The summed E-state index contributed by atoms with van der Waals surface area (Å²) in [5.41, 5.74) is 13.8. The van der Waals surface area contributed by atoms with E-state index in [1.807, 2.05) is 60.7 Å². The van der Waals surface area contributed by atoms with Crippen LogP contribution in [0.4, 0.5) is 0 Å². The maximum absolute atomic E-state index is 13.5. The first-order valence-electron chi connectivity index (χ1n) is 20.5. The topological polar surface area (TPSA) is 72.1 Å². The lowest BCUT2D eigenvalue weighted by Gasteiger charge is -2.40. The molecule has 2 heterocycles. The number of rotatable bonds is 5. The van der Waals surface area contributed by atoms with Crippen LogP contribution < -0.4 is 4.74 Å². The van der Waals surface area contributed by atoms with Crippen molar-refractivity contribution in [2.24, 2.45) is 0 Å². The van der Waals surface area contributed by atoms with Crippen LogP contribution in [0.25, 0.3) is 60.9 Å². The van der Waals surface area contributed by atoms with Gasteiger partial charge in [-0.2, -0.15) is 5.26 Å². The normalized spacial score (nSPS) is 13.2. The van der Waals surface area contributed by atoms with Gasteiger partial charge in [-0.15, -0.1) is 0 Å². The molecule has 0 atom stereocenters. The predicted molar refractivity (Wildman–Crippen MR) is 246 cm³/mol. The molecule has 0 unspecified atom stereocenters. The zero-order chi connectivity index (χ0) is 41.6. The predicted octanol–water partition coefficient (Wildman–Crippen LogP) is 13.3. The van der Waals surface area contributed by atoms with E-state index in [4.69, 9.17) is 4.74 Å². The Morgan fingerprint density at radius 1 is 0.452 bits per heavy atom. The number of fused-ring (bicyclic) bond motifs is 12. The minimum Gasteiger partial charge on any atom is -0.457 e. The van der Waals surface area contributed by atoms with Crippen molar-refractivity contribution in [3.8, 4) is 56.6 Å². The molecule has 12 rings (SSSR count). The number of sulfone groups is 1. The molecule has 62 heavy (non-hydrogen) atoms. The monoisotopic (exact) mass is 814 g/mol. The molecule has 292 valence electrons. The Hall–Kier alpha value is -7.98. The summed E-state index contributed by atoms with van der Waals surface area (Å²) in [6.07, 6.45) is 0. The minimum atomic E-state index is -3.67. The van der Waals surface area contributed by atoms with Crippen molar-refractivity contribution in [1.82, 2.24) is 4.57 Å². The summed E-state index contributed by atoms with van der Waals surface area (Å²) in [4.78, 5) is 0.517. The van der Waals surface area contributed by atoms with Gasteiger partial charge in [0.05, 0.1) is 37.9 Å². The highest BCUT2D eigenvalue weighted by Gasteiger charge is 2.51. The molecule has 2 aliphatic rings. The van der Waals surface area contributed by atoms with Gasteiger partial charge in [-0.3, -0.25) is 0 Å². The molecule has 1 aliphatic heterocycles. The van der Waals surface area contributed by atoms with Gasteiger partial charge in [0, 0.05) is 27.6 Å². The third kappa shape index (κ3) is 5.16. The highest BCUT2D eigenvalue weighted by atomic mass is 32.2. The van der Waals surface area contributed by atoms with E-state index >= 15 is 0 Å². The number of nitrogens with zero attached hydrogens (tertiary/aromatic N) is 2. The molecule has 6 heteroatoms. The molecule has 1 aliphatic carbocycles. The third-order valence-electron chi connectivity index (χ3n) is 12.7. The van der Waals surface area contributed by atoms with Gasteiger partial charge in [0.15, 0.2) is 0 Å². The van der Waals surface area contributed by atoms with E-state index in [0.29, 0.717) is 5.56 Å². The Labute approximate surface area is 358 Å². The molecule has 0 bridgehead atoms. The zero-order valence-electron chi connectivity index (χ0n) is 33.2. The SMILES string of the molecule is N#Cc1ccc2c(c1)c1cc(-c3ccc4c(c3)C3(c5cc(-c6ccc(S(=O)(=O)c7ccccc7)cc6)ccc5O4)c4ccccc4-c4ccccc43)ccc1n2-c1ccccc1. The summed E-state index contributed by atoms with van der Waals surface area (Å²) in [6.45, 7) is 0. The Morgan fingerprint density at radius 3 is 1.56 bits per heavy atom. The van der Waals surface area contributed by atoms with E-state index in [0.717, 1.165) is 72.4 Å². The fourth-order valence-corrected chi connectivity index (χ4v) is 11.2. The molecular formula is C56H34N2O3S. The van der Waals surface area contributed by atoms with Crippen LogP contribution in [0.3, 0.4) is 0 Å². The molecule has 1 aromatic heterocycles. The van der Waals surface area contributed by atoms with Gasteiger partial charge in [0.2, 0.25) is 9.84 Å². The fraction of sp³-hybridized carbons (Fsp3) is 0.0179. The van der Waals surface area contributed by atoms with Gasteiger partial charge in [0.1, 0.15) is 11.5 Å². The van der Waals surface area contributed by atoms with Crippen LogP contribution >= 0.6 is 0 Å². The van der Waals surface area contributed by atoms with Crippen molar-refractivity contribution < 1.29 is 13.2 Å². The summed E-state index contributed by atoms with van der Waals surface area (Å²) in [5, 5.41) is 12.0. The van der Waals surface area contributed by atoms with Crippen LogP contribution in [0.15, 0.2) is 216 Å². The molecule has 0 amide bonds. The maximum atomic E-state index is 13.5. The largest absolute Gasteiger partial charge is 0.457 e. The molecular weight excluding hydrogens is 781 g/mol. The standard InChI is InChI=1S/C56H34N2O3S/c57-35-36-19-27-52-46(31-36)47-32-38(22-28-53(47)58(52)41-11-3-1-4-12-41)40-24-30-55-51(34-40)56(48-17-9-7-15-44(48)45-16-8-10-18-49(45)56)50-33-39(23-29-54(50)61-55)37-20-25-43(26-21-37)62(59,60)42-13-5-2-6-14-42/h1-34H. The zero-order valence-corrected chi connectivity index (χ0v) is 34.0. The molecule has 10 aromatic rings. The van der Waals surface area contributed by atoms with E-state index in [1.165, 1.54) is 22.3 Å². The molecule has 0 N–H and O–H groups in total. The Morgan fingerprint density at radius 2 is 0.935 bits per heavy atom. The number of para-hydroxylation sites is 1. The molecule has 0 radical (unpaired) electrons. The average molecular weight is 815 g/mol. The van der Waals surface area contributed by atoms with Gasteiger partial charge in [0.25, 0.3) is 0 Å². The second kappa shape index (κ2) is 13.5. The van der Waals surface area contributed by atoms with Gasteiger partial charge in [-0.1, -0.05) is 115 Å². The summed E-state index contributed by atoms with van der Waals surface area (Å²) in [5.74, 6) is 1.56. The minimum absolute atomic E-state index is 0.249. The van der Waals surface area contributed by atoms with Gasteiger partial charge in [-0.25, -0.2) is 8.42 Å². The second-order valence-corrected chi connectivity index (χ2v) is 17.9. The molecule has 0 saturated carbocycles. The van der Waals surface area contributed by atoms with Crippen molar-refractivity contribution >= 4 is 31.6 Å². The van der Waals surface area contributed by atoms with E-state index in [-0.39, 0.29) is 9.79 Å². The highest BCUT2D eigenvalue weighted by molar-refractivity contribution is 7.91. The number of nitriles is 1. The van der Waals surface area contributed by atoms with E-state index in [1.54, 1.807) is 36.4 Å². The first kappa shape index (κ1) is 35.9. The number of ether oxygens (including phenoxy) is 1. The van der Waals surface area contributed by atoms with Gasteiger partial charge < -0.3 is 9.30 Å². The Bertz CT molecular complexity index is 3580. The number of aromatic nitrogens is 1. The van der Waals surface area contributed by atoms with E-state index < -0.39 is 15.3 Å². The van der Waals surface area contributed by atoms with Crippen molar-refractivity contribution in [3.05, 3.63) is 234 Å². The smallest absolute Gasteiger partial charge is 0.206 e. The lowest BCUT2D eigenvalue weighted by atomic mass is 9.65. The van der Waals surface area contributed by atoms with Crippen LogP contribution in [-0.4, -0.2) is 13.0 Å². The highest BCUT2D eigenvalue weighted by Crippen LogP contribution is 2.62. The number of hydrogen-bond acceptors (Lipinski definition) is 4. The van der Waals surface area contributed by atoms with Gasteiger partial charge >= 0.3 is 0 Å². The van der Waals surface area contributed by atoms with Crippen molar-refractivity contribution in [2.45, 2.75) is 15.2 Å².